The molecule has 3 heteroatoms. The molecule has 1 heterocycles. The fourth-order valence-electron chi connectivity index (χ4n) is 7.14. The lowest BCUT2D eigenvalue weighted by Gasteiger charge is -2.57. The van der Waals surface area contributed by atoms with E-state index in [1.54, 1.807) is 5.57 Å². The Bertz CT molecular complexity index is 719. The molecule has 4 aliphatic carbocycles. The molecule has 0 radical (unpaired) electrons. The Kier molecular flexibility index (Phi) is 3.01. The summed E-state index contributed by atoms with van der Waals surface area (Å²) in [6.45, 7) is 7.07. The minimum atomic E-state index is -0.112. The molecule has 0 saturated heterocycles. The van der Waals surface area contributed by atoms with Crippen molar-refractivity contribution in [2.45, 2.75) is 77.2 Å². The Balaban J connectivity index is 1.54. The van der Waals surface area contributed by atoms with Crippen LogP contribution in [0.15, 0.2) is 16.2 Å². The zero-order valence-corrected chi connectivity index (χ0v) is 15.1. The number of aryl methyl sites for hydroxylation is 1. The van der Waals surface area contributed by atoms with Gasteiger partial charge in [-0.15, -0.1) is 0 Å². The van der Waals surface area contributed by atoms with Crippen molar-refractivity contribution in [2.24, 2.45) is 23.2 Å². The van der Waals surface area contributed by atoms with Gasteiger partial charge in [0, 0.05) is 17.4 Å². The van der Waals surface area contributed by atoms with E-state index in [4.69, 9.17) is 4.52 Å². The van der Waals surface area contributed by atoms with Gasteiger partial charge in [-0.25, -0.2) is 0 Å². The number of aliphatic hydroxyl groups is 1. The standard InChI is InChI=1S/C21H29NO2/c1-12-19-18(24-22-12)11-17-15-5-4-13-10-14(23)6-8-20(13,2)16(15)7-9-21(17,19)3/h4,14-17,23H,5-11H2,1-3H3/t14-,15+,16-,17+,20+,21-/m1/s1. The maximum absolute atomic E-state index is 10.1. The van der Waals surface area contributed by atoms with Crippen LogP contribution in [0.25, 0.3) is 0 Å². The van der Waals surface area contributed by atoms with Crippen LogP contribution in [0, 0.1) is 30.1 Å². The topological polar surface area (TPSA) is 46.3 Å². The fraction of sp³-hybridized carbons (Fsp3) is 0.762. The highest BCUT2D eigenvalue weighted by Crippen LogP contribution is 2.64. The molecule has 5 rings (SSSR count). The number of hydrogen-bond donors (Lipinski definition) is 1. The number of rotatable bonds is 0. The second-order valence-corrected chi connectivity index (χ2v) is 9.38. The molecule has 1 N–H and O–H groups in total. The van der Waals surface area contributed by atoms with E-state index in [0.717, 1.165) is 43.2 Å². The zero-order chi connectivity index (χ0) is 16.7. The Morgan fingerprint density at radius 2 is 1.92 bits per heavy atom. The van der Waals surface area contributed by atoms with E-state index >= 15 is 0 Å². The third kappa shape index (κ3) is 1.75. The van der Waals surface area contributed by atoms with E-state index in [1.165, 1.54) is 30.6 Å². The first kappa shape index (κ1) is 15.2. The third-order valence-electron chi connectivity index (χ3n) is 8.38. The Hall–Kier alpha value is -1.09. The fourth-order valence-corrected chi connectivity index (χ4v) is 7.14. The summed E-state index contributed by atoms with van der Waals surface area (Å²) in [7, 11) is 0. The number of hydrogen-bond acceptors (Lipinski definition) is 3. The molecular weight excluding hydrogens is 298 g/mol. The molecule has 1 aromatic heterocycles. The normalized spacial score (nSPS) is 46.6. The smallest absolute Gasteiger partial charge is 0.141 e. The zero-order valence-electron chi connectivity index (χ0n) is 15.1. The lowest BCUT2D eigenvalue weighted by molar-refractivity contribution is -0.0172. The Morgan fingerprint density at radius 1 is 1.12 bits per heavy atom. The molecule has 130 valence electrons. The summed E-state index contributed by atoms with van der Waals surface area (Å²) < 4.78 is 5.69. The van der Waals surface area contributed by atoms with E-state index < -0.39 is 0 Å². The lowest BCUT2D eigenvalue weighted by Crippen LogP contribution is -2.51. The predicted molar refractivity (Wildman–Crippen MR) is 92.7 cm³/mol. The van der Waals surface area contributed by atoms with Gasteiger partial charge in [0.1, 0.15) is 5.76 Å². The molecule has 1 aromatic rings. The van der Waals surface area contributed by atoms with E-state index in [1.807, 2.05) is 0 Å². The Morgan fingerprint density at radius 3 is 2.75 bits per heavy atom. The quantitative estimate of drug-likeness (QED) is 0.722. The molecule has 0 aromatic carbocycles. The maximum Gasteiger partial charge on any atom is 0.141 e. The first-order chi connectivity index (χ1) is 11.4. The van der Waals surface area contributed by atoms with Gasteiger partial charge < -0.3 is 9.63 Å². The summed E-state index contributed by atoms with van der Waals surface area (Å²) >= 11 is 0. The average molecular weight is 327 g/mol. The van der Waals surface area contributed by atoms with Crippen LogP contribution >= 0.6 is 0 Å². The molecule has 0 aliphatic heterocycles. The van der Waals surface area contributed by atoms with Gasteiger partial charge in [0.15, 0.2) is 0 Å². The number of fused-ring (bicyclic) bond motifs is 7. The maximum atomic E-state index is 10.1. The Labute approximate surface area is 144 Å². The van der Waals surface area contributed by atoms with Crippen molar-refractivity contribution in [3.63, 3.8) is 0 Å². The van der Waals surface area contributed by atoms with E-state index in [9.17, 15) is 5.11 Å². The van der Waals surface area contributed by atoms with Gasteiger partial charge in [0.25, 0.3) is 0 Å². The van der Waals surface area contributed by atoms with Gasteiger partial charge in [0.05, 0.1) is 11.8 Å². The molecule has 0 unspecified atom stereocenters. The van der Waals surface area contributed by atoms with Crippen LogP contribution in [0.1, 0.15) is 69.4 Å². The second kappa shape index (κ2) is 4.75. The number of aliphatic hydroxyl groups excluding tert-OH is 1. The highest BCUT2D eigenvalue weighted by atomic mass is 16.5. The van der Waals surface area contributed by atoms with E-state index in [2.05, 4.69) is 32.0 Å². The average Bonchev–Trinajstić information content (AvgIpc) is 3.06. The van der Waals surface area contributed by atoms with Gasteiger partial charge in [0.2, 0.25) is 0 Å². The predicted octanol–water partition coefficient (Wildman–Crippen LogP) is 4.32. The summed E-state index contributed by atoms with van der Waals surface area (Å²) in [5, 5.41) is 14.4. The van der Waals surface area contributed by atoms with Crippen LogP contribution in [-0.2, 0) is 11.8 Å². The van der Waals surface area contributed by atoms with Crippen LogP contribution in [-0.4, -0.2) is 16.4 Å². The van der Waals surface area contributed by atoms with Crippen molar-refractivity contribution < 1.29 is 9.63 Å². The van der Waals surface area contributed by atoms with Crippen molar-refractivity contribution in [3.8, 4) is 0 Å². The molecular formula is C21H29NO2. The largest absolute Gasteiger partial charge is 0.393 e. The molecule has 24 heavy (non-hydrogen) atoms. The highest BCUT2D eigenvalue weighted by molar-refractivity contribution is 5.40. The lowest BCUT2D eigenvalue weighted by atomic mass is 9.47. The summed E-state index contributed by atoms with van der Waals surface area (Å²) in [6, 6.07) is 0. The number of allylic oxidation sites excluding steroid dienone is 1. The van der Waals surface area contributed by atoms with Crippen LogP contribution in [0.4, 0.5) is 0 Å². The minimum absolute atomic E-state index is 0.112. The van der Waals surface area contributed by atoms with Gasteiger partial charge in [-0.3, -0.25) is 0 Å². The summed E-state index contributed by atoms with van der Waals surface area (Å²) in [4.78, 5) is 0. The van der Waals surface area contributed by atoms with Gasteiger partial charge in [-0.1, -0.05) is 30.7 Å². The molecule has 2 saturated carbocycles. The van der Waals surface area contributed by atoms with Gasteiger partial charge in [-0.2, -0.15) is 0 Å². The van der Waals surface area contributed by atoms with Crippen molar-refractivity contribution in [1.82, 2.24) is 5.16 Å². The highest BCUT2D eigenvalue weighted by Gasteiger charge is 2.58. The molecule has 0 bridgehead atoms. The summed E-state index contributed by atoms with van der Waals surface area (Å²) in [6.07, 6.45) is 10.3. The van der Waals surface area contributed by atoms with E-state index in [-0.39, 0.29) is 11.5 Å². The van der Waals surface area contributed by atoms with Crippen molar-refractivity contribution in [3.05, 3.63) is 28.7 Å². The van der Waals surface area contributed by atoms with Gasteiger partial charge >= 0.3 is 0 Å². The van der Waals surface area contributed by atoms with Crippen LogP contribution in [0.5, 0.6) is 0 Å². The second-order valence-electron chi connectivity index (χ2n) is 9.38. The molecule has 4 aliphatic rings. The number of aromatic nitrogens is 1. The van der Waals surface area contributed by atoms with Crippen molar-refractivity contribution in [2.75, 3.05) is 0 Å². The van der Waals surface area contributed by atoms with Crippen LogP contribution in [0.3, 0.4) is 0 Å². The van der Waals surface area contributed by atoms with Crippen molar-refractivity contribution in [1.29, 1.82) is 0 Å². The molecule has 2 fully saturated rings. The summed E-state index contributed by atoms with van der Waals surface area (Å²) in [5.74, 6) is 3.41. The first-order valence-corrected chi connectivity index (χ1v) is 9.76. The van der Waals surface area contributed by atoms with Crippen molar-refractivity contribution >= 4 is 0 Å². The molecule has 0 spiro atoms. The molecule has 0 amide bonds. The number of nitrogens with zero attached hydrogens (tertiary/aromatic N) is 1. The minimum Gasteiger partial charge on any atom is -0.393 e. The molecule has 6 atom stereocenters. The van der Waals surface area contributed by atoms with E-state index in [0.29, 0.717) is 11.3 Å². The van der Waals surface area contributed by atoms with Crippen LogP contribution in [0.2, 0.25) is 0 Å². The summed E-state index contributed by atoms with van der Waals surface area (Å²) in [5.41, 5.74) is 4.69. The van der Waals surface area contributed by atoms with Crippen LogP contribution < -0.4 is 0 Å². The monoisotopic (exact) mass is 327 g/mol. The SMILES string of the molecule is Cc1noc2c1[C@]1(C)CC[C@@H]3[C@H](CC=C4C[C@H](O)CC[C@@]43C)[C@@H]1C2. The third-order valence-corrected chi connectivity index (χ3v) is 8.38. The first-order valence-electron chi connectivity index (χ1n) is 9.76. The molecule has 3 nitrogen and oxygen atoms in total. The van der Waals surface area contributed by atoms with Gasteiger partial charge in [-0.05, 0) is 68.6 Å².